The minimum absolute atomic E-state index is 0.0585. The molecule has 1 unspecified atom stereocenters. The van der Waals surface area contributed by atoms with E-state index in [0.717, 1.165) is 18.4 Å². The van der Waals surface area contributed by atoms with Crippen molar-refractivity contribution < 1.29 is 19.1 Å². The summed E-state index contributed by atoms with van der Waals surface area (Å²) >= 11 is 0. The molecule has 1 N–H and O–H groups in total. The number of rotatable bonds is 7. The van der Waals surface area contributed by atoms with E-state index in [9.17, 15) is 9.59 Å². The molecule has 0 spiro atoms. The summed E-state index contributed by atoms with van der Waals surface area (Å²) in [7, 11) is 3.13. The Labute approximate surface area is 189 Å². The summed E-state index contributed by atoms with van der Waals surface area (Å²) in [4.78, 5) is 33.9. The Bertz CT molecular complexity index is 919. The van der Waals surface area contributed by atoms with Gasteiger partial charge in [-0.3, -0.25) is 9.78 Å². The number of pyridine rings is 1. The summed E-state index contributed by atoms with van der Waals surface area (Å²) in [6.07, 6.45) is 5.17. The molecule has 0 aliphatic carbocycles. The fourth-order valence-electron chi connectivity index (χ4n) is 3.91. The number of piperidine rings is 1. The molecule has 1 atom stereocenters. The first kappa shape index (κ1) is 23.4. The topological polar surface area (TPSA) is 84.0 Å². The number of carbonyl (C=O) groups excluding carboxylic acids is 2. The van der Waals surface area contributed by atoms with E-state index in [0.29, 0.717) is 36.8 Å². The maximum atomic E-state index is 13.1. The molecule has 1 saturated heterocycles. The lowest BCUT2D eigenvalue weighted by molar-refractivity contribution is -0.138. The number of nitrogens with one attached hydrogen (secondary N) is 1. The molecular formula is C24H32N4O4. The van der Waals surface area contributed by atoms with Crippen molar-refractivity contribution in [3.05, 3.63) is 48.3 Å². The van der Waals surface area contributed by atoms with Crippen molar-refractivity contribution in [3.8, 4) is 11.5 Å². The SMILES string of the molecule is COc1ccc(OC)c(NC(=O)N2CCCC(N(Cc3cccnc3)C(=O)C(C)C)C2)c1. The van der Waals surface area contributed by atoms with Gasteiger partial charge in [0.15, 0.2) is 0 Å². The Hall–Kier alpha value is -3.29. The van der Waals surface area contributed by atoms with Crippen molar-refractivity contribution in [3.63, 3.8) is 0 Å². The van der Waals surface area contributed by atoms with Gasteiger partial charge in [-0.1, -0.05) is 19.9 Å². The van der Waals surface area contributed by atoms with Gasteiger partial charge >= 0.3 is 6.03 Å². The van der Waals surface area contributed by atoms with Crippen LogP contribution in [0.4, 0.5) is 10.5 Å². The van der Waals surface area contributed by atoms with E-state index < -0.39 is 0 Å². The first-order chi connectivity index (χ1) is 15.4. The van der Waals surface area contributed by atoms with Gasteiger partial charge in [-0.2, -0.15) is 0 Å². The van der Waals surface area contributed by atoms with Gasteiger partial charge in [-0.25, -0.2) is 4.79 Å². The zero-order valence-corrected chi connectivity index (χ0v) is 19.2. The molecule has 3 rings (SSSR count). The normalized spacial score (nSPS) is 15.9. The molecule has 1 aliphatic heterocycles. The third-order valence-electron chi connectivity index (χ3n) is 5.63. The number of methoxy groups -OCH3 is 2. The maximum Gasteiger partial charge on any atom is 0.322 e. The first-order valence-electron chi connectivity index (χ1n) is 10.9. The molecule has 0 radical (unpaired) electrons. The standard InChI is InChI=1S/C24H32N4O4/c1-17(2)23(29)28(15-18-7-5-11-25-14-18)19-8-6-12-27(16-19)24(30)26-21-13-20(31-3)9-10-22(21)32-4/h5,7,9-11,13-14,17,19H,6,8,12,15-16H2,1-4H3,(H,26,30). The van der Waals surface area contributed by atoms with Crippen molar-refractivity contribution in [2.24, 2.45) is 5.92 Å². The van der Waals surface area contributed by atoms with Crippen LogP contribution in [0, 0.1) is 5.92 Å². The van der Waals surface area contributed by atoms with Crippen molar-refractivity contribution in [1.29, 1.82) is 0 Å². The number of hydrogen-bond acceptors (Lipinski definition) is 5. The average molecular weight is 441 g/mol. The fraction of sp³-hybridized carbons (Fsp3) is 0.458. The molecule has 1 aromatic heterocycles. The third kappa shape index (κ3) is 5.69. The summed E-state index contributed by atoms with van der Waals surface area (Å²) in [6, 6.07) is 8.82. The van der Waals surface area contributed by atoms with Gasteiger partial charge in [0.05, 0.1) is 19.9 Å². The summed E-state index contributed by atoms with van der Waals surface area (Å²) < 4.78 is 10.6. The van der Waals surface area contributed by atoms with Gasteiger partial charge in [0.25, 0.3) is 0 Å². The Morgan fingerprint density at radius 1 is 1.25 bits per heavy atom. The number of hydrogen-bond donors (Lipinski definition) is 1. The molecule has 8 heteroatoms. The Kier molecular flexibility index (Phi) is 7.92. The molecule has 1 aliphatic rings. The van der Waals surface area contributed by atoms with Crippen molar-refractivity contribution in [2.45, 2.75) is 39.3 Å². The van der Waals surface area contributed by atoms with Gasteiger partial charge in [-0.15, -0.1) is 0 Å². The van der Waals surface area contributed by atoms with Crippen LogP contribution in [0.15, 0.2) is 42.7 Å². The lowest BCUT2D eigenvalue weighted by atomic mass is 10.0. The van der Waals surface area contributed by atoms with Gasteiger partial charge < -0.3 is 24.6 Å². The highest BCUT2D eigenvalue weighted by Gasteiger charge is 2.32. The molecule has 3 amide bonds. The number of nitrogens with zero attached hydrogens (tertiary/aromatic N) is 3. The number of aromatic nitrogens is 1. The number of benzene rings is 1. The fourth-order valence-corrected chi connectivity index (χ4v) is 3.91. The monoisotopic (exact) mass is 440 g/mol. The van der Waals surface area contributed by atoms with Crippen LogP contribution in [-0.4, -0.2) is 60.1 Å². The summed E-state index contributed by atoms with van der Waals surface area (Å²) in [6.45, 7) is 5.39. The van der Waals surface area contributed by atoms with E-state index >= 15 is 0 Å². The highest BCUT2D eigenvalue weighted by Crippen LogP contribution is 2.29. The molecule has 1 fully saturated rings. The van der Waals surface area contributed by atoms with Gasteiger partial charge in [0.2, 0.25) is 5.91 Å². The largest absolute Gasteiger partial charge is 0.497 e. The van der Waals surface area contributed by atoms with Crippen molar-refractivity contribution in [1.82, 2.24) is 14.8 Å². The maximum absolute atomic E-state index is 13.1. The van der Waals surface area contributed by atoms with Crippen molar-refractivity contribution in [2.75, 3.05) is 32.6 Å². The van der Waals surface area contributed by atoms with Crippen LogP contribution < -0.4 is 14.8 Å². The zero-order chi connectivity index (χ0) is 23.1. The number of urea groups is 1. The summed E-state index contributed by atoms with van der Waals surface area (Å²) in [5.74, 6) is 1.14. The van der Waals surface area contributed by atoms with E-state index in [1.165, 1.54) is 0 Å². The van der Waals surface area contributed by atoms with Crippen molar-refractivity contribution >= 4 is 17.6 Å². The Balaban J connectivity index is 1.75. The number of anilines is 1. The van der Waals surface area contributed by atoms with E-state index in [2.05, 4.69) is 10.3 Å². The molecule has 0 saturated carbocycles. The molecule has 0 bridgehead atoms. The lowest BCUT2D eigenvalue weighted by Crippen LogP contribution is -2.53. The molecule has 8 nitrogen and oxygen atoms in total. The van der Waals surface area contributed by atoms with Crippen LogP contribution >= 0.6 is 0 Å². The second kappa shape index (κ2) is 10.8. The molecule has 1 aromatic carbocycles. The number of likely N-dealkylation sites (tertiary alicyclic amines) is 1. The third-order valence-corrected chi connectivity index (χ3v) is 5.63. The highest BCUT2D eigenvalue weighted by atomic mass is 16.5. The van der Waals surface area contributed by atoms with E-state index in [4.69, 9.17) is 9.47 Å². The van der Waals surface area contributed by atoms with Crippen LogP contribution in [0.5, 0.6) is 11.5 Å². The summed E-state index contributed by atoms with van der Waals surface area (Å²) in [5, 5.41) is 2.94. The minimum Gasteiger partial charge on any atom is -0.497 e. The predicted octanol–water partition coefficient (Wildman–Crippen LogP) is 3.78. The van der Waals surface area contributed by atoms with Crippen LogP contribution in [0.25, 0.3) is 0 Å². The minimum atomic E-state index is -0.223. The highest BCUT2D eigenvalue weighted by molar-refractivity contribution is 5.91. The molecular weight excluding hydrogens is 408 g/mol. The van der Waals surface area contributed by atoms with Crippen LogP contribution in [0.2, 0.25) is 0 Å². The van der Waals surface area contributed by atoms with E-state index in [1.807, 2.05) is 30.9 Å². The average Bonchev–Trinajstić information content (AvgIpc) is 2.82. The quantitative estimate of drug-likeness (QED) is 0.708. The first-order valence-corrected chi connectivity index (χ1v) is 10.9. The van der Waals surface area contributed by atoms with Gasteiger partial charge in [-0.05, 0) is 36.6 Å². The van der Waals surface area contributed by atoms with Crippen LogP contribution in [0.3, 0.4) is 0 Å². The smallest absolute Gasteiger partial charge is 0.322 e. The van der Waals surface area contributed by atoms with Gasteiger partial charge in [0.1, 0.15) is 11.5 Å². The Morgan fingerprint density at radius 3 is 2.72 bits per heavy atom. The van der Waals surface area contributed by atoms with Crippen LogP contribution in [0.1, 0.15) is 32.3 Å². The van der Waals surface area contributed by atoms with Crippen LogP contribution in [-0.2, 0) is 11.3 Å². The molecule has 172 valence electrons. The number of amides is 3. The number of carbonyl (C=O) groups is 2. The molecule has 2 heterocycles. The predicted molar refractivity (Wildman–Crippen MR) is 123 cm³/mol. The zero-order valence-electron chi connectivity index (χ0n) is 19.2. The number of ether oxygens (including phenoxy) is 2. The molecule has 2 aromatic rings. The van der Waals surface area contributed by atoms with E-state index in [-0.39, 0.29) is 23.9 Å². The summed E-state index contributed by atoms with van der Waals surface area (Å²) in [5.41, 5.74) is 1.52. The second-order valence-corrected chi connectivity index (χ2v) is 8.22. The lowest BCUT2D eigenvalue weighted by Gasteiger charge is -2.40. The van der Waals surface area contributed by atoms with Gasteiger partial charge in [0, 0.05) is 50.1 Å². The second-order valence-electron chi connectivity index (χ2n) is 8.22. The Morgan fingerprint density at radius 2 is 2.06 bits per heavy atom. The molecule has 32 heavy (non-hydrogen) atoms. The van der Waals surface area contributed by atoms with E-state index in [1.54, 1.807) is 49.7 Å².